The lowest BCUT2D eigenvalue weighted by Crippen LogP contribution is -2.38. The topological polar surface area (TPSA) is 55.8 Å². The molecule has 1 fully saturated rings. The fraction of sp³-hybridized carbons (Fsp3) is 0.300. The second-order valence-electron chi connectivity index (χ2n) is 6.02. The molecule has 1 amide bonds. The first kappa shape index (κ1) is 17.0. The average molecular weight is 339 g/mol. The van der Waals surface area contributed by atoms with Gasteiger partial charge in [-0.3, -0.25) is 4.79 Å². The van der Waals surface area contributed by atoms with Crippen LogP contribution >= 0.6 is 0 Å². The van der Waals surface area contributed by atoms with E-state index in [1.54, 1.807) is 36.1 Å². The maximum absolute atomic E-state index is 12.2. The van der Waals surface area contributed by atoms with Crippen LogP contribution in [0.25, 0.3) is 0 Å². The van der Waals surface area contributed by atoms with Crippen molar-refractivity contribution in [2.75, 3.05) is 13.1 Å². The van der Waals surface area contributed by atoms with Gasteiger partial charge in [-0.2, -0.15) is 0 Å². The molecule has 0 spiro atoms. The Bertz CT molecular complexity index is 721. The highest BCUT2D eigenvalue weighted by Gasteiger charge is 2.26. The van der Waals surface area contributed by atoms with Gasteiger partial charge in [0.05, 0.1) is 5.56 Å². The van der Waals surface area contributed by atoms with E-state index in [4.69, 9.17) is 9.47 Å². The van der Waals surface area contributed by atoms with Crippen molar-refractivity contribution in [3.05, 3.63) is 60.2 Å². The van der Waals surface area contributed by atoms with Crippen molar-refractivity contribution >= 4 is 11.9 Å². The Morgan fingerprint density at radius 1 is 0.920 bits per heavy atom. The highest BCUT2D eigenvalue weighted by Crippen LogP contribution is 2.21. The number of likely N-dealkylation sites (tertiary alicyclic amines) is 1. The number of nitrogens with zero attached hydrogens (tertiary/aromatic N) is 1. The fourth-order valence-electron chi connectivity index (χ4n) is 2.76. The molecule has 0 N–H and O–H groups in total. The SMILES string of the molecule is C[C@H](OC(=O)c1ccc(Oc2ccccc2)cc1)C(=O)N1CCCC1. The molecule has 130 valence electrons. The minimum absolute atomic E-state index is 0.130. The van der Waals surface area contributed by atoms with E-state index in [-0.39, 0.29) is 5.91 Å². The Morgan fingerprint density at radius 2 is 1.52 bits per heavy atom. The Morgan fingerprint density at radius 3 is 2.16 bits per heavy atom. The summed E-state index contributed by atoms with van der Waals surface area (Å²) in [6.07, 6.45) is 1.25. The third-order valence-corrected chi connectivity index (χ3v) is 4.12. The zero-order valence-corrected chi connectivity index (χ0v) is 14.2. The van der Waals surface area contributed by atoms with Gasteiger partial charge in [-0.25, -0.2) is 4.79 Å². The monoisotopic (exact) mass is 339 g/mol. The van der Waals surface area contributed by atoms with E-state index in [1.165, 1.54) is 0 Å². The maximum Gasteiger partial charge on any atom is 0.338 e. The molecule has 0 aliphatic carbocycles. The summed E-state index contributed by atoms with van der Waals surface area (Å²) in [5.74, 6) is 0.716. The van der Waals surface area contributed by atoms with E-state index >= 15 is 0 Å². The molecule has 1 aliphatic heterocycles. The molecule has 0 saturated carbocycles. The van der Waals surface area contributed by atoms with Crippen LogP contribution in [0.1, 0.15) is 30.1 Å². The van der Waals surface area contributed by atoms with Gasteiger partial charge < -0.3 is 14.4 Å². The molecule has 0 aromatic heterocycles. The predicted octanol–water partition coefficient (Wildman–Crippen LogP) is 3.65. The summed E-state index contributed by atoms with van der Waals surface area (Å²) >= 11 is 0. The number of rotatable bonds is 5. The van der Waals surface area contributed by atoms with Crippen LogP contribution in [0.2, 0.25) is 0 Å². The number of benzene rings is 2. The van der Waals surface area contributed by atoms with Crippen LogP contribution in [0.5, 0.6) is 11.5 Å². The molecular formula is C20H21NO4. The van der Waals surface area contributed by atoms with Gasteiger partial charge in [0.1, 0.15) is 11.5 Å². The Kier molecular flexibility index (Phi) is 5.33. The van der Waals surface area contributed by atoms with Gasteiger partial charge in [0.25, 0.3) is 5.91 Å². The van der Waals surface area contributed by atoms with Crippen LogP contribution in [0, 0.1) is 0 Å². The summed E-state index contributed by atoms with van der Waals surface area (Å²) in [5, 5.41) is 0. The Balaban J connectivity index is 1.57. The van der Waals surface area contributed by atoms with E-state index in [1.807, 2.05) is 30.3 Å². The zero-order valence-electron chi connectivity index (χ0n) is 14.2. The normalized spacial score (nSPS) is 14.8. The molecule has 5 heteroatoms. The fourth-order valence-corrected chi connectivity index (χ4v) is 2.76. The first-order valence-corrected chi connectivity index (χ1v) is 8.46. The highest BCUT2D eigenvalue weighted by molar-refractivity contribution is 5.92. The summed E-state index contributed by atoms with van der Waals surface area (Å²) in [6.45, 7) is 3.10. The summed E-state index contributed by atoms with van der Waals surface area (Å²) in [5.41, 5.74) is 0.390. The molecule has 1 heterocycles. The molecule has 0 radical (unpaired) electrons. The minimum atomic E-state index is -0.772. The summed E-state index contributed by atoms with van der Waals surface area (Å²) in [4.78, 5) is 26.2. The number of para-hydroxylation sites is 1. The van der Waals surface area contributed by atoms with Gasteiger partial charge in [0, 0.05) is 13.1 Å². The molecule has 0 bridgehead atoms. The van der Waals surface area contributed by atoms with Crippen molar-refractivity contribution < 1.29 is 19.1 Å². The van der Waals surface area contributed by atoms with Crippen molar-refractivity contribution in [1.82, 2.24) is 4.90 Å². The predicted molar refractivity (Wildman–Crippen MR) is 93.6 cm³/mol. The lowest BCUT2D eigenvalue weighted by molar-refractivity contribution is -0.138. The summed E-state index contributed by atoms with van der Waals surface area (Å²) < 4.78 is 11.0. The standard InChI is InChI=1S/C20H21NO4/c1-15(19(22)21-13-5-6-14-21)24-20(23)16-9-11-18(12-10-16)25-17-7-3-2-4-8-17/h2-4,7-12,15H,5-6,13-14H2,1H3/t15-/m0/s1. The van der Waals surface area contributed by atoms with Crippen LogP contribution < -0.4 is 4.74 Å². The number of hydrogen-bond acceptors (Lipinski definition) is 4. The quantitative estimate of drug-likeness (QED) is 0.780. The van der Waals surface area contributed by atoms with E-state index in [9.17, 15) is 9.59 Å². The molecule has 1 saturated heterocycles. The minimum Gasteiger partial charge on any atom is -0.457 e. The van der Waals surface area contributed by atoms with E-state index in [2.05, 4.69) is 0 Å². The smallest absolute Gasteiger partial charge is 0.338 e. The van der Waals surface area contributed by atoms with Crippen molar-refractivity contribution in [2.45, 2.75) is 25.9 Å². The van der Waals surface area contributed by atoms with Crippen molar-refractivity contribution in [2.24, 2.45) is 0 Å². The van der Waals surface area contributed by atoms with Crippen LogP contribution in [0.4, 0.5) is 0 Å². The van der Waals surface area contributed by atoms with Gasteiger partial charge >= 0.3 is 5.97 Å². The van der Waals surface area contributed by atoms with Crippen molar-refractivity contribution in [3.8, 4) is 11.5 Å². The van der Waals surface area contributed by atoms with Crippen LogP contribution in [-0.2, 0) is 9.53 Å². The van der Waals surface area contributed by atoms with E-state index in [0.717, 1.165) is 31.7 Å². The third-order valence-electron chi connectivity index (χ3n) is 4.12. The lowest BCUT2D eigenvalue weighted by atomic mass is 10.2. The molecule has 2 aromatic rings. The second kappa shape index (κ2) is 7.83. The molecule has 25 heavy (non-hydrogen) atoms. The second-order valence-corrected chi connectivity index (χ2v) is 6.02. The van der Waals surface area contributed by atoms with E-state index < -0.39 is 12.1 Å². The van der Waals surface area contributed by atoms with Gasteiger partial charge in [-0.15, -0.1) is 0 Å². The van der Waals surface area contributed by atoms with Gasteiger partial charge in [-0.05, 0) is 56.2 Å². The van der Waals surface area contributed by atoms with Crippen LogP contribution in [-0.4, -0.2) is 36.0 Å². The first-order valence-electron chi connectivity index (χ1n) is 8.46. The largest absolute Gasteiger partial charge is 0.457 e. The number of amides is 1. The highest BCUT2D eigenvalue weighted by atomic mass is 16.5. The summed E-state index contributed by atoms with van der Waals surface area (Å²) in [7, 11) is 0. The van der Waals surface area contributed by atoms with Crippen LogP contribution in [0.15, 0.2) is 54.6 Å². The van der Waals surface area contributed by atoms with Gasteiger partial charge in [0.15, 0.2) is 6.10 Å². The summed E-state index contributed by atoms with van der Waals surface area (Å²) in [6, 6.07) is 16.1. The Hall–Kier alpha value is -2.82. The molecule has 1 aliphatic rings. The zero-order chi connectivity index (χ0) is 17.6. The first-order chi connectivity index (χ1) is 12.1. The molecule has 3 rings (SSSR count). The molecule has 2 aromatic carbocycles. The average Bonchev–Trinajstić information content (AvgIpc) is 3.17. The lowest BCUT2D eigenvalue weighted by Gasteiger charge is -2.20. The number of ether oxygens (including phenoxy) is 2. The van der Waals surface area contributed by atoms with Crippen molar-refractivity contribution in [1.29, 1.82) is 0 Å². The molecule has 1 atom stereocenters. The van der Waals surface area contributed by atoms with Crippen LogP contribution in [0.3, 0.4) is 0 Å². The number of carbonyl (C=O) groups excluding carboxylic acids is 2. The van der Waals surface area contributed by atoms with Gasteiger partial charge in [0.2, 0.25) is 0 Å². The number of carbonyl (C=O) groups is 2. The molecular weight excluding hydrogens is 318 g/mol. The Labute approximate surface area is 147 Å². The van der Waals surface area contributed by atoms with Gasteiger partial charge in [-0.1, -0.05) is 18.2 Å². The van der Waals surface area contributed by atoms with E-state index in [0.29, 0.717) is 11.3 Å². The third kappa shape index (κ3) is 4.38. The molecule has 5 nitrogen and oxygen atoms in total. The van der Waals surface area contributed by atoms with Crippen molar-refractivity contribution in [3.63, 3.8) is 0 Å². The molecule has 0 unspecified atom stereocenters. The number of hydrogen-bond donors (Lipinski definition) is 0. The maximum atomic E-state index is 12.2. The number of esters is 1.